The highest BCUT2D eigenvalue weighted by molar-refractivity contribution is 6.76. The van der Waals surface area contributed by atoms with Gasteiger partial charge in [-0.25, -0.2) is 8.78 Å². The first kappa shape index (κ1) is 15.6. The first-order chi connectivity index (χ1) is 9.33. The van der Waals surface area contributed by atoms with Gasteiger partial charge in [-0.1, -0.05) is 19.6 Å². The van der Waals surface area contributed by atoms with Gasteiger partial charge >= 0.3 is 0 Å². The molecule has 1 aromatic carbocycles. The summed E-state index contributed by atoms with van der Waals surface area (Å²) in [6.45, 7) is 6.97. The van der Waals surface area contributed by atoms with Crippen LogP contribution in [0, 0.1) is 11.6 Å². The molecule has 2 nitrogen and oxygen atoms in total. The number of halogens is 2. The molecule has 0 fully saturated rings. The Kier molecular flexibility index (Phi) is 4.61. The summed E-state index contributed by atoms with van der Waals surface area (Å²) in [6.07, 6.45) is 1.20. The van der Waals surface area contributed by atoms with Gasteiger partial charge in [0.2, 0.25) is 0 Å². The zero-order chi connectivity index (χ0) is 14.9. The number of hydrogen-bond acceptors (Lipinski definition) is 2. The topological polar surface area (TPSA) is 29.5 Å². The van der Waals surface area contributed by atoms with E-state index >= 15 is 0 Å². The Bertz CT molecular complexity index is 498. The zero-order valence-corrected chi connectivity index (χ0v) is 13.3. The van der Waals surface area contributed by atoms with Crippen LogP contribution in [0.15, 0.2) is 6.07 Å². The molecule has 0 amide bonds. The van der Waals surface area contributed by atoms with Crippen LogP contribution in [0.4, 0.5) is 8.78 Å². The van der Waals surface area contributed by atoms with E-state index in [4.69, 9.17) is 4.74 Å². The molecule has 0 aromatic heterocycles. The van der Waals surface area contributed by atoms with Crippen molar-refractivity contribution in [1.82, 2.24) is 0 Å². The molecule has 1 aromatic rings. The summed E-state index contributed by atoms with van der Waals surface area (Å²) in [4.78, 5) is 0. The van der Waals surface area contributed by atoms with Crippen molar-refractivity contribution in [1.29, 1.82) is 0 Å². The number of ether oxygens (including phenoxy) is 1. The molecule has 20 heavy (non-hydrogen) atoms. The number of hydrogen-bond donors (Lipinski definition) is 1. The SMILES string of the molecule is C[Si](C)(C)CCOC1CCc2cc(F)c(F)c(CO)c21. The van der Waals surface area contributed by atoms with Gasteiger partial charge < -0.3 is 9.84 Å². The first-order valence-electron chi connectivity index (χ1n) is 7.05. The Balaban J connectivity index is 2.17. The lowest BCUT2D eigenvalue weighted by atomic mass is 10.0. The summed E-state index contributed by atoms with van der Waals surface area (Å²) in [6, 6.07) is 2.28. The van der Waals surface area contributed by atoms with Gasteiger partial charge in [-0.3, -0.25) is 0 Å². The van der Waals surface area contributed by atoms with Gasteiger partial charge in [0, 0.05) is 20.2 Å². The maximum Gasteiger partial charge on any atom is 0.164 e. The fourth-order valence-corrected chi connectivity index (χ4v) is 3.35. The van der Waals surface area contributed by atoms with E-state index in [9.17, 15) is 13.9 Å². The van der Waals surface area contributed by atoms with Crippen molar-refractivity contribution in [2.75, 3.05) is 6.61 Å². The third-order valence-electron chi connectivity index (χ3n) is 3.77. The fourth-order valence-electron chi connectivity index (χ4n) is 2.62. The zero-order valence-electron chi connectivity index (χ0n) is 12.3. The summed E-state index contributed by atoms with van der Waals surface area (Å²) < 4.78 is 33.1. The maximum atomic E-state index is 13.8. The van der Waals surface area contributed by atoms with Crippen LogP contribution < -0.4 is 0 Å². The quantitative estimate of drug-likeness (QED) is 0.838. The smallest absolute Gasteiger partial charge is 0.164 e. The van der Waals surface area contributed by atoms with Crippen LogP contribution in [0.3, 0.4) is 0 Å². The van der Waals surface area contributed by atoms with Crippen molar-refractivity contribution >= 4 is 8.07 Å². The highest BCUT2D eigenvalue weighted by Gasteiger charge is 2.30. The Labute approximate surface area is 119 Å². The van der Waals surface area contributed by atoms with Gasteiger partial charge in [0.05, 0.1) is 12.7 Å². The van der Waals surface area contributed by atoms with E-state index in [1.54, 1.807) is 0 Å². The van der Waals surface area contributed by atoms with E-state index < -0.39 is 26.3 Å². The number of aliphatic hydroxyl groups excluding tert-OH is 1. The molecule has 1 N–H and O–H groups in total. The fraction of sp³-hybridized carbons (Fsp3) is 0.600. The number of benzene rings is 1. The predicted octanol–water partition coefficient (Wildman–Crippen LogP) is 3.80. The van der Waals surface area contributed by atoms with Gasteiger partial charge in [0.15, 0.2) is 11.6 Å². The van der Waals surface area contributed by atoms with Crippen molar-refractivity contribution in [3.8, 4) is 0 Å². The second kappa shape index (κ2) is 5.91. The van der Waals surface area contributed by atoms with Crippen LogP contribution in [0.2, 0.25) is 25.7 Å². The standard InChI is InChI=1S/C15H22F2O2Si/c1-20(2,3)7-6-19-13-5-4-10-8-12(16)15(17)11(9-18)14(10)13/h8,13,18H,4-7,9H2,1-3H3. The average Bonchev–Trinajstić information content (AvgIpc) is 2.72. The molecule has 0 aliphatic heterocycles. The summed E-state index contributed by atoms with van der Waals surface area (Å²) >= 11 is 0. The van der Waals surface area contributed by atoms with E-state index in [0.717, 1.165) is 18.0 Å². The molecule has 5 heteroatoms. The molecule has 1 aliphatic carbocycles. The number of fused-ring (bicyclic) bond motifs is 1. The van der Waals surface area contributed by atoms with Gasteiger partial charge in [0.1, 0.15) is 0 Å². The lowest BCUT2D eigenvalue weighted by molar-refractivity contribution is 0.0617. The molecule has 1 unspecified atom stereocenters. The van der Waals surface area contributed by atoms with Gasteiger partial charge in [-0.05, 0) is 36.1 Å². The van der Waals surface area contributed by atoms with Crippen LogP contribution >= 0.6 is 0 Å². The minimum atomic E-state index is -1.17. The monoisotopic (exact) mass is 300 g/mol. The van der Waals surface area contributed by atoms with Crippen molar-refractivity contribution < 1.29 is 18.6 Å². The number of aliphatic hydroxyl groups is 1. The van der Waals surface area contributed by atoms with E-state index in [2.05, 4.69) is 19.6 Å². The van der Waals surface area contributed by atoms with Crippen molar-refractivity contribution in [2.45, 2.75) is 51.2 Å². The lowest BCUT2D eigenvalue weighted by Gasteiger charge is -2.20. The molecule has 112 valence electrons. The molecular formula is C15H22F2O2Si. The van der Waals surface area contributed by atoms with E-state index in [1.807, 2.05) is 0 Å². The number of aryl methyl sites for hydroxylation is 1. The summed E-state index contributed by atoms with van der Waals surface area (Å²) in [5.41, 5.74) is 1.50. The number of rotatable bonds is 5. The van der Waals surface area contributed by atoms with Crippen molar-refractivity contribution in [3.63, 3.8) is 0 Å². The van der Waals surface area contributed by atoms with Crippen LogP contribution in [0.5, 0.6) is 0 Å². The molecule has 2 rings (SSSR count). The minimum Gasteiger partial charge on any atom is -0.392 e. The Morgan fingerprint density at radius 2 is 2.05 bits per heavy atom. The lowest BCUT2D eigenvalue weighted by Crippen LogP contribution is -2.22. The van der Waals surface area contributed by atoms with E-state index in [0.29, 0.717) is 18.6 Å². The van der Waals surface area contributed by atoms with E-state index in [-0.39, 0.29) is 11.7 Å². The molecule has 0 spiro atoms. The Hall–Kier alpha value is -0.783. The predicted molar refractivity (Wildman–Crippen MR) is 77.4 cm³/mol. The summed E-state index contributed by atoms with van der Waals surface area (Å²) in [5.74, 6) is -1.82. The molecule has 1 aliphatic rings. The highest BCUT2D eigenvalue weighted by atomic mass is 28.3. The van der Waals surface area contributed by atoms with Crippen LogP contribution in [0.25, 0.3) is 0 Å². The normalized spacial score (nSPS) is 18.4. The Morgan fingerprint density at radius 1 is 1.35 bits per heavy atom. The van der Waals surface area contributed by atoms with Gasteiger partial charge in [-0.15, -0.1) is 0 Å². The molecule has 0 saturated carbocycles. The van der Waals surface area contributed by atoms with Crippen molar-refractivity contribution in [3.05, 3.63) is 34.4 Å². The molecule has 0 bridgehead atoms. The van der Waals surface area contributed by atoms with Gasteiger partial charge in [-0.2, -0.15) is 0 Å². The molecule has 1 atom stereocenters. The van der Waals surface area contributed by atoms with Crippen LogP contribution in [-0.2, 0) is 17.8 Å². The van der Waals surface area contributed by atoms with E-state index in [1.165, 1.54) is 6.07 Å². The third-order valence-corrected chi connectivity index (χ3v) is 5.48. The Morgan fingerprint density at radius 3 is 2.65 bits per heavy atom. The second-order valence-corrected chi connectivity index (χ2v) is 12.2. The molecule has 0 radical (unpaired) electrons. The third kappa shape index (κ3) is 3.27. The minimum absolute atomic E-state index is 0.0653. The highest BCUT2D eigenvalue weighted by Crippen LogP contribution is 2.38. The largest absolute Gasteiger partial charge is 0.392 e. The average molecular weight is 300 g/mol. The van der Waals surface area contributed by atoms with Crippen LogP contribution in [-0.4, -0.2) is 19.8 Å². The maximum absolute atomic E-state index is 13.8. The summed E-state index contributed by atoms with van der Waals surface area (Å²) in [5, 5.41) is 9.32. The first-order valence-corrected chi connectivity index (χ1v) is 10.8. The van der Waals surface area contributed by atoms with Crippen LogP contribution in [0.1, 0.15) is 29.2 Å². The molecular weight excluding hydrogens is 278 g/mol. The summed E-state index contributed by atoms with van der Waals surface area (Å²) in [7, 11) is -1.17. The molecule has 0 saturated heterocycles. The van der Waals surface area contributed by atoms with Crippen molar-refractivity contribution in [2.24, 2.45) is 0 Å². The second-order valence-electron chi connectivity index (χ2n) is 6.59. The molecule has 0 heterocycles. The van der Waals surface area contributed by atoms with Gasteiger partial charge in [0.25, 0.3) is 0 Å².